The van der Waals surface area contributed by atoms with Crippen molar-refractivity contribution < 1.29 is 19.1 Å². The van der Waals surface area contributed by atoms with Gasteiger partial charge < -0.3 is 9.47 Å². The molecule has 0 spiro atoms. The van der Waals surface area contributed by atoms with Gasteiger partial charge in [0, 0.05) is 28.7 Å². The van der Waals surface area contributed by atoms with Crippen LogP contribution in [-0.2, 0) is 6.42 Å². The molecule has 6 aromatic carbocycles. The minimum atomic E-state index is -0.0332. The van der Waals surface area contributed by atoms with E-state index in [9.17, 15) is 9.59 Å². The van der Waals surface area contributed by atoms with Gasteiger partial charge in [0.25, 0.3) is 0 Å². The lowest BCUT2D eigenvalue weighted by Gasteiger charge is -2.26. The molecule has 4 heteroatoms. The van der Waals surface area contributed by atoms with Crippen LogP contribution in [0.5, 0.6) is 11.5 Å². The van der Waals surface area contributed by atoms with Gasteiger partial charge in [-0.15, -0.1) is 0 Å². The van der Waals surface area contributed by atoms with Crippen LogP contribution in [-0.4, -0.2) is 24.8 Å². The second-order valence-corrected chi connectivity index (χ2v) is 11.5. The molecule has 45 heavy (non-hydrogen) atoms. The number of carbonyl (C=O) groups excluding carboxylic acids is 2. The maximum absolute atomic E-state index is 13.9. The van der Waals surface area contributed by atoms with Gasteiger partial charge in [-0.2, -0.15) is 0 Å². The molecule has 0 fully saturated rings. The van der Waals surface area contributed by atoms with Gasteiger partial charge in [-0.05, 0) is 57.0 Å². The van der Waals surface area contributed by atoms with Gasteiger partial charge in [0.2, 0.25) is 0 Å². The first kappa shape index (κ1) is 26.9. The highest BCUT2D eigenvalue weighted by Crippen LogP contribution is 2.43. The molecule has 4 nitrogen and oxygen atoms in total. The molecule has 2 aliphatic rings. The van der Waals surface area contributed by atoms with E-state index in [4.69, 9.17) is 9.47 Å². The Balaban J connectivity index is 1.28. The van der Waals surface area contributed by atoms with Crippen LogP contribution in [0.1, 0.15) is 43.0 Å². The predicted octanol–water partition coefficient (Wildman–Crippen LogP) is 8.90. The summed E-state index contributed by atoms with van der Waals surface area (Å²) in [7, 11) is 0. The van der Waals surface area contributed by atoms with Crippen molar-refractivity contribution in [2.24, 2.45) is 0 Å². The van der Waals surface area contributed by atoms with Gasteiger partial charge in [-0.3, -0.25) is 9.59 Å². The Bertz CT molecular complexity index is 2050. The lowest BCUT2D eigenvalue weighted by Crippen LogP contribution is -2.22. The van der Waals surface area contributed by atoms with Crippen LogP contribution in [0.15, 0.2) is 132 Å². The van der Waals surface area contributed by atoms with Crippen LogP contribution in [0.3, 0.4) is 0 Å². The van der Waals surface area contributed by atoms with Crippen molar-refractivity contribution in [1.82, 2.24) is 0 Å². The summed E-state index contributed by atoms with van der Waals surface area (Å²) >= 11 is 0. The first-order valence-corrected chi connectivity index (χ1v) is 15.1. The summed E-state index contributed by atoms with van der Waals surface area (Å²) in [5, 5.41) is 3.94. The maximum Gasteiger partial charge on any atom is 0.196 e. The van der Waals surface area contributed by atoms with Crippen molar-refractivity contribution in [3.05, 3.63) is 166 Å². The molecule has 0 unspecified atom stereocenters. The monoisotopic (exact) mass is 584 g/mol. The molecule has 0 amide bonds. The number of carbonyl (C=O) groups is 2. The van der Waals surface area contributed by atoms with Gasteiger partial charge in [0.1, 0.15) is 24.7 Å². The summed E-state index contributed by atoms with van der Waals surface area (Å²) in [6, 6.07) is 39.7. The molecule has 0 bridgehead atoms. The Morgan fingerprint density at radius 2 is 0.911 bits per heavy atom. The third-order valence-corrected chi connectivity index (χ3v) is 8.66. The second-order valence-electron chi connectivity index (χ2n) is 11.5. The SMILES string of the molecule is O=C1/C(=C/c2ccccc2)COc2c1cc1ccccc1c2Cc1c2c(cc3ccccc13)C(=O)/C(=C/c1ccccc1)CO2. The summed E-state index contributed by atoms with van der Waals surface area (Å²) in [6.45, 7) is 0.366. The molecule has 6 aromatic rings. The van der Waals surface area contributed by atoms with E-state index in [-0.39, 0.29) is 24.8 Å². The molecule has 2 heterocycles. The predicted molar refractivity (Wildman–Crippen MR) is 179 cm³/mol. The zero-order chi connectivity index (χ0) is 30.3. The average Bonchev–Trinajstić information content (AvgIpc) is 3.08. The van der Waals surface area contributed by atoms with E-state index in [1.807, 2.05) is 121 Å². The number of rotatable bonds is 4. The number of ether oxygens (including phenoxy) is 2. The first-order valence-electron chi connectivity index (χ1n) is 15.1. The molecule has 0 aromatic heterocycles. The van der Waals surface area contributed by atoms with Crippen LogP contribution in [0.4, 0.5) is 0 Å². The Labute approximate surface area is 260 Å². The molecule has 2 aliphatic heterocycles. The Morgan fingerprint density at radius 1 is 0.511 bits per heavy atom. The second kappa shape index (κ2) is 11.1. The highest BCUT2D eigenvalue weighted by molar-refractivity contribution is 6.17. The van der Waals surface area contributed by atoms with Crippen molar-refractivity contribution >= 4 is 45.3 Å². The molecule has 0 aliphatic carbocycles. The smallest absolute Gasteiger partial charge is 0.196 e. The normalized spacial score (nSPS) is 16.0. The summed E-state index contributed by atoms with van der Waals surface area (Å²) in [4.78, 5) is 27.8. The third-order valence-electron chi connectivity index (χ3n) is 8.66. The molecule has 0 saturated carbocycles. The minimum absolute atomic E-state index is 0.0332. The van der Waals surface area contributed by atoms with Gasteiger partial charge in [0.05, 0.1) is 11.1 Å². The van der Waals surface area contributed by atoms with Gasteiger partial charge in [-0.25, -0.2) is 0 Å². The molecule has 0 saturated heterocycles. The van der Waals surface area contributed by atoms with Gasteiger partial charge in [0.15, 0.2) is 11.6 Å². The maximum atomic E-state index is 13.9. The number of fused-ring (bicyclic) bond motifs is 4. The van der Waals surface area contributed by atoms with E-state index in [1.165, 1.54) is 0 Å². The van der Waals surface area contributed by atoms with Crippen LogP contribution in [0.2, 0.25) is 0 Å². The van der Waals surface area contributed by atoms with Gasteiger partial charge >= 0.3 is 0 Å². The van der Waals surface area contributed by atoms with Crippen molar-refractivity contribution in [2.45, 2.75) is 6.42 Å². The van der Waals surface area contributed by atoms with Crippen molar-refractivity contribution in [3.63, 3.8) is 0 Å². The zero-order valence-corrected chi connectivity index (χ0v) is 24.5. The number of hydrogen-bond donors (Lipinski definition) is 0. The Kier molecular flexibility index (Phi) is 6.61. The molecule has 0 N–H and O–H groups in total. The Hall–Kier alpha value is -5.74. The molecular weight excluding hydrogens is 556 g/mol. The summed E-state index contributed by atoms with van der Waals surface area (Å²) < 4.78 is 12.9. The fourth-order valence-electron chi connectivity index (χ4n) is 6.49. The van der Waals surface area contributed by atoms with Crippen molar-refractivity contribution in [1.29, 1.82) is 0 Å². The van der Waals surface area contributed by atoms with Crippen LogP contribution in [0, 0.1) is 0 Å². The van der Waals surface area contributed by atoms with E-state index in [1.54, 1.807) is 0 Å². The lowest BCUT2D eigenvalue weighted by atomic mass is 9.86. The first-order chi connectivity index (χ1) is 22.1. The van der Waals surface area contributed by atoms with Crippen molar-refractivity contribution in [3.8, 4) is 11.5 Å². The third kappa shape index (κ3) is 4.81. The van der Waals surface area contributed by atoms with Crippen LogP contribution in [0.25, 0.3) is 33.7 Å². The lowest BCUT2D eigenvalue weighted by molar-refractivity contribution is 0.0993. The van der Waals surface area contributed by atoms with Crippen LogP contribution < -0.4 is 9.47 Å². The quantitative estimate of drug-likeness (QED) is 0.194. The highest BCUT2D eigenvalue weighted by Gasteiger charge is 2.31. The largest absolute Gasteiger partial charge is 0.488 e. The zero-order valence-electron chi connectivity index (χ0n) is 24.5. The highest BCUT2D eigenvalue weighted by atomic mass is 16.5. The Morgan fingerprint density at radius 3 is 1.36 bits per heavy atom. The topological polar surface area (TPSA) is 52.6 Å². The molecule has 8 rings (SSSR count). The molecule has 0 radical (unpaired) electrons. The summed E-state index contributed by atoms with van der Waals surface area (Å²) in [5.74, 6) is 1.12. The molecule has 0 atom stereocenters. The number of Topliss-reactive ketones (excluding diaryl/α,β-unsaturated/α-hetero) is 2. The van der Waals surface area contributed by atoms with Crippen molar-refractivity contribution in [2.75, 3.05) is 13.2 Å². The van der Waals surface area contributed by atoms with E-state index in [2.05, 4.69) is 12.1 Å². The number of ketones is 2. The van der Waals surface area contributed by atoms with Crippen LogP contribution >= 0.6 is 0 Å². The fourth-order valence-corrected chi connectivity index (χ4v) is 6.49. The molecule has 216 valence electrons. The standard InChI is InChI=1S/C41H28O4/c42-38-30(19-26-11-3-1-4-12-26)24-44-40-34(32-17-9-7-15-28(32)21-36(38)40)23-35-33-18-10-8-16-29(33)22-37-39(43)31(25-45-41(35)37)20-27-13-5-2-6-14-27/h1-22H,23-25H2/b30-19+,31-20+. The van der Waals surface area contributed by atoms with E-state index >= 15 is 0 Å². The molecular formula is C41H28O4. The fraction of sp³-hybridized carbons (Fsp3) is 0.0732. The average molecular weight is 585 g/mol. The van der Waals surface area contributed by atoms with Gasteiger partial charge in [-0.1, -0.05) is 109 Å². The number of benzene rings is 6. The van der Waals surface area contributed by atoms with E-state index < -0.39 is 0 Å². The number of hydrogen-bond acceptors (Lipinski definition) is 4. The summed E-state index contributed by atoms with van der Waals surface area (Å²) in [5.41, 5.74) is 6.07. The summed E-state index contributed by atoms with van der Waals surface area (Å²) in [6.07, 6.45) is 4.24. The minimum Gasteiger partial charge on any atom is -0.488 e. The van der Waals surface area contributed by atoms with E-state index in [0.29, 0.717) is 40.2 Å². The van der Waals surface area contributed by atoms with E-state index in [0.717, 1.165) is 43.8 Å².